The van der Waals surface area contributed by atoms with Gasteiger partial charge in [-0.3, -0.25) is 0 Å². The first-order valence-electron chi connectivity index (χ1n) is 8.02. The van der Waals surface area contributed by atoms with Crippen LogP contribution in [-0.2, 0) is 4.43 Å². The number of rotatable bonds is 3. The van der Waals surface area contributed by atoms with Crippen LogP contribution in [0.2, 0.25) is 19.6 Å². The van der Waals surface area contributed by atoms with Gasteiger partial charge in [-0.2, -0.15) is 0 Å². The van der Waals surface area contributed by atoms with Crippen molar-refractivity contribution >= 4 is 25.2 Å². The molecule has 0 radical (unpaired) electrons. The van der Waals surface area contributed by atoms with E-state index in [1.165, 1.54) is 0 Å². The topological polar surface area (TPSA) is 38.2 Å². The van der Waals surface area contributed by atoms with Crippen LogP contribution in [0.3, 0.4) is 0 Å². The molecule has 0 bridgehead atoms. The summed E-state index contributed by atoms with van der Waals surface area (Å²) in [5.74, 6) is 0.823. The van der Waals surface area contributed by atoms with Gasteiger partial charge < -0.3 is 9.33 Å². The van der Waals surface area contributed by atoms with E-state index in [2.05, 4.69) is 36.4 Å². The van der Waals surface area contributed by atoms with E-state index in [4.69, 9.17) is 9.41 Å². The molecule has 4 nitrogen and oxygen atoms in total. The highest BCUT2D eigenvalue weighted by Crippen LogP contribution is 2.30. The van der Waals surface area contributed by atoms with Crippen molar-refractivity contribution in [2.75, 3.05) is 18.0 Å². The first-order valence-corrected chi connectivity index (χ1v) is 11.4. The molecule has 0 spiro atoms. The Hall–Kier alpha value is -1.46. The van der Waals surface area contributed by atoms with Gasteiger partial charge in [0.1, 0.15) is 0 Å². The number of nitrogens with zero attached hydrogens (tertiary/aromatic N) is 3. The van der Waals surface area contributed by atoms with Crippen LogP contribution >= 0.6 is 0 Å². The van der Waals surface area contributed by atoms with Crippen LogP contribution in [0.4, 0.5) is 5.95 Å². The summed E-state index contributed by atoms with van der Waals surface area (Å²) in [6.07, 6.45) is 4.15. The van der Waals surface area contributed by atoms with Gasteiger partial charge in [0.25, 0.3) is 0 Å². The van der Waals surface area contributed by atoms with Crippen molar-refractivity contribution in [3.63, 3.8) is 0 Å². The standard InChI is InChI=1S/C17H25N3OSi/c1-17(21-22(2,3)4)10-7-11-20(13-17)16-18-12-14-8-5-6-9-15(14)19-16/h5-6,8-9,12H,7,10-11,13H2,1-4H3. The highest BCUT2D eigenvalue weighted by Gasteiger charge is 2.36. The molecule has 22 heavy (non-hydrogen) atoms. The molecule has 0 N–H and O–H groups in total. The monoisotopic (exact) mass is 315 g/mol. The van der Waals surface area contributed by atoms with E-state index in [0.29, 0.717) is 0 Å². The average molecular weight is 315 g/mol. The van der Waals surface area contributed by atoms with Crippen molar-refractivity contribution in [3.05, 3.63) is 30.5 Å². The predicted molar refractivity (Wildman–Crippen MR) is 93.8 cm³/mol. The van der Waals surface area contributed by atoms with Crippen molar-refractivity contribution in [1.82, 2.24) is 9.97 Å². The van der Waals surface area contributed by atoms with Gasteiger partial charge in [0.05, 0.1) is 11.1 Å². The van der Waals surface area contributed by atoms with Gasteiger partial charge in [0.15, 0.2) is 8.32 Å². The van der Waals surface area contributed by atoms with Gasteiger partial charge in [-0.1, -0.05) is 18.2 Å². The molecule has 3 rings (SSSR count). The molecule has 2 heterocycles. The van der Waals surface area contributed by atoms with E-state index in [0.717, 1.165) is 42.8 Å². The van der Waals surface area contributed by atoms with Crippen LogP contribution in [0.5, 0.6) is 0 Å². The number of anilines is 1. The lowest BCUT2D eigenvalue weighted by Crippen LogP contribution is -2.52. The summed E-state index contributed by atoms with van der Waals surface area (Å²) in [5, 5.41) is 1.09. The number of benzene rings is 1. The Morgan fingerprint density at radius 3 is 2.77 bits per heavy atom. The Morgan fingerprint density at radius 2 is 2.00 bits per heavy atom. The Bertz CT molecular complexity index is 670. The molecule has 1 aromatic heterocycles. The SMILES string of the molecule is CC1(O[Si](C)(C)C)CCCN(c2ncc3ccccc3n2)C1. The number of aromatic nitrogens is 2. The molecule has 0 saturated carbocycles. The van der Waals surface area contributed by atoms with E-state index in [-0.39, 0.29) is 5.60 Å². The number of para-hydroxylation sites is 1. The summed E-state index contributed by atoms with van der Waals surface area (Å²) >= 11 is 0. The van der Waals surface area contributed by atoms with Gasteiger partial charge in [-0.05, 0) is 45.5 Å². The summed E-state index contributed by atoms with van der Waals surface area (Å²) in [6.45, 7) is 10.9. The molecular weight excluding hydrogens is 290 g/mol. The lowest BCUT2D eigenvalue weighted by Gasteiger charge is -2.43. The number of hydrogen-bond acceptors (Lipinski definition) is 4. The van der Waals surface area contributed by atoms with Crippen molar-refractivity contribution < 1.29 is 4.43 Å². The molecular formula is C17H25N3OSi. The van der Waals surface area contributed by atoms with Crippen molar-refractivity contribution in [3.8, 4) is 0 Å². The molecule has 5 heteroatoms. The largest absolute Gasteiger partial charge is 0.411 e. The molecule has 1 saturated heterocycles. The second kappa shape index (κ2) is 5.63. The van der Waals surface area contributed by atoms with Crippen LogP contribution < -0.4 is 4.90 Å². The molecule has 1 unspecified atom stereocenters. The second-order valence-electron chi connectivity index (χ2n) is 7.42. The third-order valence-electron chi connectivity index (χ3n) is 3.97. The minimum atomic E-state index is -1.56. The van der Waals surface area contributed by atoms with Crippen molar-refractivity contribution in [1.29, 1.82) is 0 Å². The quantitative estimate of drug-likeness (QED) is 0.807. The summed E-state index contributed by atoms with van der Waals surface area (Å²) in [6, 6.07) is 8.13. The van der Waals surface area contributed by atoms with Crippen LogP contribution in [-0.4, -0.2) is 37.0 Å². The molecule has 0 amide bonds. The van der Waals surface area contributed by atoms with Gasteiger partial charge in [0, 0.05) is 24.7 Å². The van der Waals surface area contributed by atoms with Gasteiger partial charge in [-0.25, -0.2) is 9.97 Å². The fraction of sp³-hybridized carbons (Fsp3) is 0.529. The highest BCUT2D eigenvalue weighted by atomic mass is 28.4. The fourth-order valence-electron chi connectivity index (χ4n) is 3.31. The summed E-state index contributed by atoms with van der Waals surface area (Å²) in [7, 11) is -1.56. The molecule has 0 aliphatic carbocycles. The zero-order valence-electron chi connectivity index (χ0n) is 14.0. The summed E-state index contributed by atoms with van der Waals surface area (Å²) in [4.78, 5) is 11.6. The molecule has 1 aromatic carbocycles. The molecule has 2 aromatic rings. The van der Waals surface area contributed by atoms with Crippen molar-refractivity contribution in [2.45, 2.75) is 45.0 Å². The Labute approximate surface area is 133 Å². The maximum absolute atomic E-state index is 6.45. The highest BCUT2D eigenvalue weighted by molar-refractivity contribution is 6.69. The van der Waals surface area contributed by atoms with E-state index in [1.54, 1.807) is 0 Å². The van der Waals surface area contributed by atoms with Crippen molar-refractivity contribution in [2.24, 2.45) is 0 Å². The Balaban J connectivity index is 1.84. The maximum atomic E-state index is 6.45. The van der Waals surface area contributed by atoms with Crippen LogP contribution in [0.15, 0.2) is 30.5 Å². The minimum absolute atomic E-state index is 0.0856. The fourth-order valence-corrected chi connectivity index (χ4v) is 4.96. The van der Waals surface area contributed by atoms with Crippen LogP contribution in [0, 0.1) is 0 Å². The molecule has 1 atom stereocenters. The smallest absolute Gasteiger partial charge is 0.225 e. The molecule has 1 aliphatic rings. The minimum Gasteiger partial charge on any atom is -0.411 e. The molecule has 1 fully saturated rings. The van der Waals surface area contributed by atoms with Gasteiger partial charge >= 0.3 is 0 Å². The van der Waals surface area contributed by atoms with E-state index in [9.17, 15) is 0 Å². The summed E-state index contributed by atoms with van der Waals surface area (Å²) in [5.41, 5.74) is 0.920. The summed E-state index contributed by atoms with van der Waals surface area (Å²) < 4.78 is 6.45. The Morgan fingerprint density at radius 1 is 1.23 bits per heavy atom. The maximum Gasteiger partial charge on any atom is 0.225 e. The molecule has 118 valence electrons. The third-order valence-corrected chi connectivity index (χ3v) is 5.08. The molecule has 1 aliphatic heterocycles. The first kappa shape index (κ1) is 15.4. The van der Waals surface area contributed by atoms with Gasteiger partial charge in [0.2, 0.25) is 5.95 Å². The second-order valence-corrected chi connectivity index (χ2v) is 11.8. The normalized spacial score (nSPS) is 23.0. The van der Waals surface area contributed by atoms with E-state index >= 15 is 0 Å². The van der Waals surface area contributed by atoms with Gasteiger partial charge in [-0.15, -0.1) is 0 Å². The van der Waals surface area contributed by atoms with E-state index < -0.39 is 8.32 Å². The number of piperidine rings is 1. The first-order chi connectivity index (χ1) is 10.3. The lowest BCUT2D eigenvalue weighted by molar-refractivity contribution is 0.0636. The zero-order chi connectivity index (χ0) is 15.8. The van der Waals surface area contributed by atoms with E-state index in [1.807, 2.05) is 30.5 Å². The Kier molecular flexibility index (Phi) is 3.95. The third kappa shape index (κ3) is 3.47. The number of hydrogen-bond donors (Lipinski definition) is 0. The number of fused-ring (bicyclic) bond motifs is 1. The zero-order valence-corrected chi connectivity index (χ0v) is 15.0. The van der Waals surface area contributed by atoms with Crippen LogP contribution in [0.25, 0.3) is 10.9 Å². The lowest BCUT2D eigenvalue weighted by atomic mass is 9.95. The average Bonchev–Trinajstić information content (AvgIpc) is 2.44. The predicted octanol–water partition coefficient (Wildman–Crippen LogP) is 3.84. The van der Waals surface area contributed by atoms with Crippen LogP contribution in [0.1, 0.15) is 19.8 Å².